The van der Waals surface area contributed by atoms with E-state index in [0.717, 1.165) is 61.9 Å². The monoisotopic (exact) mass is 341 g/mol. The first-order valence-corrected chi connectivity index (χ1v) is 8.83. The number of para-hydroxylation sites is 1. The Morgan fingerprint density at radius 1 is 1.24 bits per heavy atom. The van der Waals surface area contributed by atoms with E-state index in [-0.39, 0.29) is 11.8 Å². The normalized spacial score (nSPS) is 20.8. The van der Waals surface area contributed by atoms with Crippen molar-refractivity contribution in [1.29, 1.82) is 0 Å². The van der Waals surface area contributed by atoms with E-state index in [1.807, 2.05) is 42.2 Å². The van der Waals surface area contributed by atoms with Crippen molar-refractivity contribution in [3.05, 3.63) is 47.3 Å². The van der Waals surface area contributed by atoms with E-state index in [4.69, 9.17) is 9.26 Å². The van der Waals surface area contributed by atoms with Gasteiger partial charge in [-0.2, -0.15) is 0 Å². The van der Waals surface area contributed by atoms with Crippen LogP contribution in [0.2, 0.25) is 0 Å². The number of nitrogens with zero attached hydrogens (tertiary/aromatic N) is 3. The molecule has 1 aromatic carbocycles. The molecule has 2 aliphatic rings. The van der Waals surface area contributed by atoms with Gasteiger partial charge in [-0.1, -0.05) is 23.4 Å². The number of aromatic nitrogens is 1. The first-order chi connectivity index (χ1) is 12.2. The van der Waals surface area contributed by atoms with Crippen LogP contribution in [0.25, 0.3) is 0 Å². The number of piperazine rings is 1. The van der Waals surface area contributed by atoms with Gasteiger partial charge in [0, 0.05) is 32.2 Å². The summed E-state index contributed by atoms with van der Waals surface area (Å²) < 4.78 is 11.1. The number of hydrogen-bond donors (Lipinski definition) is 0. The molecule has 6 nitrogen and oxygen atoms in total. The molecule has 132 valence electrons. The molecule has 0 spiro atoms. The van der Waals surface area contributed by atoms with Crippen LogP contribution < -0.4 is 4.74 Å². The van der Waals surface area contributed by atoms with Gasteiger partial charge in [0.1, 0.15) is 12.4 Å². The van der Waals surface area contributed by atoms with E-state index in [1.54, 1.807) is 0 Å². The van der Waals surface area contributed by atoms with Crippen molar-refractivity contribution < 1.29 is 14.1 Å². The second kappa shape index (κ2) is 6.88. The van der Waals surface area contributed by atoms with Gasteiger partial charge in [-0.25, -0.2) is 0 Å². The highest BCUT2D eigenvalue weighted by molar-refractivity contribution is 5.80. The third-order valence-corrected chi connectivity index (χ3v) is 4.97. The number of ether oxygens (including phenoxy) is 1. The van der Waals surface area contributed by atoms with Gasteiger partial charge >= 0.3 is 0 Å². The molecule has 25 heavy (non-hydrogen) atoms. The molecule has 1 atom stereocenters. The molecule has 0 bridgehead atoms. The van der Waals surface area contributed by atoms with Gasteiger partial charge in [-0.3, -0.25) is 9.69 Å². The van der Waals surface area contributed by atoms with Crippen molar-refractivity contribution in [2.75, 3.05) is 32.8 Å². The molecule has 0 radical (unpaired) electrons. The molecule has 1 aromatic heterocycles. The highest BCUT2D eigenvalue weighted by Gasteiger charge is 2.31. The van der Waals surface area contributed by atoms with E-state index >= 15 is 0 Å². The molecule has 0 saturated carbocycles. The lowest BCUT2D eigenvalue weighted by Crippen LogP contribution is -2.51. The highest BCUT2D eigenvalue weighted by Crippen LogP contribution is 2.28. The average Bonchev–Trinajstić information content (AvgIpc) is 3.06. The topological polar surface area (TPSA) is 58.8 Å². The molecule has 0 N–H and O–H groups in total. The van der Waals surface area contributed by atoms with Crippen LogP contribution in [-0.4, -0.2) is 53.6 Å². The van der Waals surface area contributed by atoms with E-state index in [0.29, 0.717) is 6.61 Å². The Labute approximate surface area is 147 Å². The standard InChI is InChI=1S/C19H23N3O3/c1-14-10-17(25-20-14)12-21-6-8-22(9-7-21)19(23)16-11-15-4-2-3-5-18(15)24-13-16/h2-5,10,16H,6-9,11-13H2,1H3/t16-/m1/s1. The lowest BCUT2D eigenvalue weighted by molar-refractivity contribution is -0.138. The van der Waals surface area contributed by atoms with Crippen LogP contribution in [-0.2, 0) is 17.8 Å². The predicted molar refractivity (Wildman–Crippen MR) is 92.2 cm³/mol. The van der Waals surface area contributed by atoms with Crippen molar-refractivity contribution in [2.24, 2.45) is 5.92 Å². The van der Waals surface area contributed by atoms with Crippen LogP contribution in [0, 0.1) is 12.8 Å². The number of carbonyl (C=O) groups is 1. The molecule has 0 aliphatic carbocycles. The molecule has 2 aliphatic heterocycles. The minimum atomic E-state index is -0.0710. The Morgan fingerprint density at radius 3 is 2.80 bits per heavy atom. The summed E-state index contributed by atoms with van der Waals surface area (Å²) >= 11 is 0. The number of rotatable bonds is 3. The van der Waals surface area contributed by atoms with Gasteiger partial charge in [0.15, 0.2) is 5.76 Å². The van der Waals surface area contributed by atoms with E-state index in [9.17, 15) is 4.79 Å². The summed E-state index contributed by atoms with van der Waals surface area (Å²) in [5.41, 5.74) is 2.04. The largest absolute Gasteiger partial charge is 0.492 e. The number of benzene rings is 1. The molecule has 1 saturated heterocycles. The summed E-state index contributed by atoms with van der Waals surface area (Å²) in [4.78, 5) is 17.1. The van der Waals surface area contributed by atoms with Crippen LogP contribution in [0.5, 0.6) is 5.75 Å². The SMILES string of the molecule is Cc1cc(CN2CCN(C(=O)[C@H]3COc4ccccc4C3)CC2)on1. The molecule has 0 unspecified atom stereocenters. The fraction of sp³-hybridized carbons (Fsp3) is 0.474. The minimum Gasteiger partial charge on any atom is -0.492 e. The molecular formula is C19H23N3O3. The predicted octanol–water partition coefficient (Wildman–Crippen LogP) is 1.88. The van der Waals surface area contributed by atoms with Crippen molar-refractivity contribution >= 4 is 5.91 Å². The smallest absolute Gasteiger partial charge is 0.229 e. The van der Waals surface area contributed by atoms with Crippen molar-refractivity contribution in [2.45, 2.75) is 19.9 Å². The number of carbonyl (C=O) groups excluding carboxylic acids is 1. The van der Waals surface area contributed by atoms with Crippen LogP contribution in [0.4, 0.5) is 0 Å². The van der Waals surface area contributed by atoms with Crippen molar-refractivity contribution in [3.63, 3.8) is 0 Å². The maximum Gasteiger partial charge on any atom is 0.229 e. The second-order valence-electron chi connectivity index (χ2n) is 6.86. The maximum absolute atomic E-state index is 12.8. The zero-order valence-electron chi connectivity index (χ0n) is 14.5. The number of aryl methyl sites for hydroxylation is 1. The van der Waals surface area contributed by atoms with Gasteiger partial charge in [0.2, 0.25) is 5.91 Å². The summed E-state index contributed by atoms with van der Waals surface area (Å²) in [6, 6.07) is 9.95. The Hall–Kier alpha value is -2.34. The number of fused-ring (bicyclic) bond motifs is 1. The molecule has 1 amide bonds. The van der Waals surface area contributed by atoms with E-state index < -0.39 is 0 Å². The third kappa shape index (κ3) is 3.54. The van der Waals surface area contributed by atoms with Gasteiger partial charge in [-0.15, -0.1) is 0 Å². The first-order valence-electron chi connectivity index (χ1n) is 8.83. The molecule has 3 heterocycles. The summed E-state index contributed by atoms with van der Waals surface area (Å²) in [7, 11) is 0. The summed E-state index contributed by atoms with van der Waals surface area (Å²) in [5, 5.41) is 3.92. The van der Waals surface area contributed by atoms with Gasteiger partial charge in [0.05, 0.1) is 18.2 Å². The fourth-order valence-corrected chi connectivity index (χ4v) is 3.58. The van der Waals surface area contributed by atoms with Crippen molar-refractivity contribution in [1.82, 2.24) is 15.0 Å². The molecular weight excluding hydrogens is 318 g/mol. The molecule has 6 heteroatoms. The fourth-order valence-electron chi connectivity index (χ4n) is 3.58. The number of hydrogen-bond acceptors (Lipinski definition) is 5. The Balaban J connectivity index is 1.31. The summed E-state index contributed by atoms with van der Waals surface area (Å²) in [6.07, 6.45) is 0.770. The number of amides is 1. The minimum absolute atomic E-state index is 0.0710. The zero-order valence-corrected chi connectivity index (χ0v) is 14.5. The highest BCUT2D eigenvalue weighted by atomic mass is 16.5. The second-order valence-corrected chi connectivity index (χ2v) is 6.86. The maximum atomic E-state index is 12.8. The molecule has 2 aromatic rings. The van der Waals surface area contributed by atoms with Gasteiger partial charge in [0.25, 0.3) is 0 Å². The van der Waals surface area contributed by atoms with Gasteiger partial charge in [-0.05, 0) is 25.0 Å². The Kier molecular flexibility index (Phi) is 4.44. The van der Waals surface area contributed by atoms with Crippen LogP contribution in [0.3, 0.4) is 0 Å². The third-order valence-electron chi connectivity index (χ3n) is 4.97. The lowest BCUT2D eigenvalue weighted by Gasteiger charge is -2.36. The Morgan fingerprint density at radius 2 is 2.04 bits per heavy atom. The lowest BCUT2D eigenvalue weighted by atomic mass is 9.95. The van der Waals surface area contributed by atoms with E-state index in [1.165, 1.54) is 0 Å². The van der Waals surface area contributed by atoms with E-state index in [2.05, 4.69) is 10.1 Å². The zero-order chi connectivity index (χ0) is 17.2. The molecule has 4 rings (SSSR count). The quantitative estimate of drug-likeness (QED) is 0.853. The van der Waals surface area contributed by atoms with Gasteiger partial charge < -0.3 is 14.2 Å². The molecule has 1 fully saturated rings. The summed E-state index contributed by atoms with van der Waals surface area (Å²) in [6.45, 7) is 6.38. The summed E-state index contributed by atoms with van der Waals surface area (Å²) in [5.74, 6) is 1.94. The van der Waals surface area contributed by atoms with Crippen LogP contribution in [0.15, 0.2) is 34.9 Å². The average molecular weight is 341 g/mol. The van der Waals surface area contributed by atoms with Crippen molar-refractivity contribution in [3.8, 4) is 5.75 Å². The Bertz CT molecular complexity index is 750. The first kappa shape index (κ1) is 16.1. The van der Waals surface area contributed by atoms with Crippen LogP contribution in [0.1, 0.15) is 17.0 Å². The van der Waals surface area contributed by atoms with Crippen LogP contribution >= 0.6 is 0 Å².